The molecule has 0 saturated heterocycles. The number of rotatable bonds is 5. The normalized spacial score (nSPS) is 14.3. The van der Waals surface area contributed by atoms with Crippen LogP contribution in [-0.4, -0.2) is 35.2 Å². The van der Waals surface area contributed by atoms with Gasteiger partial charge in [0, 0.05) is 18.3 Å². The molecule has 1 aromatic rings. The Balaban J connectivity index is 2.13. The Kier molecular flexibility index (Phi) is 4.43. The van der Waals surface area contributed by atoms with E-state index in [9.17, 15) is 4.79 Å². The van der Waals surface area contributed by atoms with E-state index >= 15 is 0 Å². The van der Waals surface area contributed by atoms with Gasteiger partial charge in [0.1, 0.15) is 0 Å². The average Bonchev–Trinajstić information content (AvgIpc) is 3.22. The van der Waals surface area contributed by atoms with Crippen molar-refractivity contribution in [3.8, 4) is 0 Å². The van der Waals surface area contributed by atoms with E-state index in [1.54, 1.807) is 4.90 Å². The molecule has 104 valence electrons. The Morgan fingerprint density at radius 3 is 2.79 bits per heavy atom. The molecule has 0 spiro atoms. The van der Waals surface area contributed by atoms with Gasteiger partial charge in [-0.05, 0) is 37.3 Å². The van der Waals surface area contributed by atoms with Crippen LogP contribution in [0.1, 0.15) is 30.9 Å². The third-order valence-corrected chi connectivity index (χ3v) is 3.56. The van der Waals surface area contributed by atoms with E-state index in [-0.39, 0.29) is 12.6 Å². The van der Waals surface area contributed by atoms with Crippen LogP contribution in [0.15, 0.2) is 18.2 Å². The Morgan fingerprint density at radius 2 is 2.21 bits per heavy atom. The summed E-state index contributed by atoms with van der Waals surface area (Å²) in [5.74, 6) is 0. The van der Waals surface area contributed by atoms with Gasteiger partial charge in [0.25, 0.3) is 0 Å². The molecule has 4 heteroatoms. The fraction of sp³-hybridized carbons (Fsp3) is 0.533. The second kappa shape index (κ2) is 6.06. The van der Waals surface area contributed by atoms with E-state index in [0.29, 0.717) is 12.6 Å². The fourth-order valence-electron chi connectivity index (χ4n) is 2.32. The van der Waals surface area contributed by atoms with Crippen molar-refractivity contribution in [2.24, 2.45) is 0 Å². The van der Waals surface area contributed by atoms with Gasteiger partial charge in [-0.2, -0.15) is 0 Å². The van der Waals surface area contributed by atoms with Crippen LogP contribution >= 0.6 is 0 Å². The molecule has 1 aliphatic rings. The number of aliphatic hydroxyl groups excluding tert-OH is 1. The van der Waals surface area contributed by atoms with Crippen LogP contribution < -0.4 is 5.32 Å². The van der Waals surface area contributed by atoms with Crippen LogP contribution in [0.4, 0.5) is 10.5 Å². The van der Waals surface area contributed by atoms with Gasteiger partial charge < -0.3 is 15.3 Å². The van der Waals surface area contributed by atoms with Gasteiger partial charge in [0.15, 0.2) is 0 Å². The van der Waals surface area contributed by atoms with Gasteiger partial charge in [-0.1, -0.05) is 25.1 Å². The number of para-hydroxylation sites is 1. The molecule has 0 aromatic heterocycles. The number of aryl methyl sites for hydroxylation is 2. The van der Waals surface area contributed by atoms with Gasteiger partial charge >= 0.3 is 6.03 Å². The number of hydrogen-bond donors (Lipinski definition) is 2. The van der Waals surface area contributed by atoms with Crippen LogP contribution in [0.5, 0.6) is 0 Å². The van der Waals surface area contributed by atoms with E-state index in [0.717, 1.165) is 36.1 Å². The molecule has 0 atom stereocenters. The van der Waals surface area contributed by atoms with Gasteiger partial charge in [-0.3, -0.25) is 0 Å². The first kappa shape index (κ1) is 13.9. The second-order valence-corrected chi connectivity index (χ2v) is 5.04. The zero-order valence-electron chi connectivity index (χ0n) is 11.6. The highest BCUT2D eigenvalue weighted by molar-refractivity contribution is 5.91. The van der Waals surface area contributed by atoms with Crippen LogP contribution in [0, 0.1) is 6.92 Å². The molecule has 2 N–H and O–H groups in total. The van der Waals surface area contributed by atoms with E-state index in [4.69, 9.17) is 5.11 Å². The highest BCUT2D eigenvalue weighted by Gasteiger charge is 2.32. The number of carbonyl (C=O) groups is 1. The first-order chi connectivity index (χ1) is 9.17. The number of nitrogens with one attached hydrogen (secondary N) is 1. The molecule has 0 radical (unpaired) electrons. The van der Waals surface area contributed by atoms with Gasteiger partial charge in [0.05, 0.1) is 6.61 Å². The maximum absolute atomic E-state index is 12.3. The Morgan fingerprint density at radius 1 is 1.47 bits per heavy atom. The Labute approximate surface area is 114 Å². The number of nitrogens with zero attached hydrogens (tertiary/aromatic N) is 1. The third-order valence-electron chi connectivity index (χ3n) is 3.56. The highest BCUT2D eigenvalue weighted by Crippen LogP contribution is 2.28. The van der Waals surface area contributed by atoms with Crippen LogP contribution in [0.25, 0.3) is 0 Å². The maximum atomic E-state index is 12.3. The summed E-state index contributed by atoms with van der Waals surface area (Å²) in [5, 5.41) is 12.1. The summed E-state index contributed by atoms with van der Waals surface area (Å²) in [4.78, 5) is 14.1. The third kappa shape index (κ3) is 3.26. The summed E-state index contributed by atoms with van der Waals surface area (Å²) < 4.78 is 0. The molecule has 1 fully saturated rings. The van der Waals surface area contributed by atoms with Crippen molar-refractivity contribution in [2.75, 3.05) is 18.5 Å². The number of hydrogen-bond acceptors (Lipinski definition) is 2. The van der Waals surface area contributed by atoms with Gasteiger partial charge in [0.2, 0.25) is 0 Å². The van der Waals surface area contributed by atoms with Crippen molar-refractivity contribution in [1.29, 1.82) is 0 Å². The van der Waals surface area contributed by atoms with Crippen molar-refractivity contribution in [2.45, 2.75) is 39.2 Å². The minimum absolute atomic E-state index is 0.0122. The molecule has 1 aliphatic carbocycles. The molecule has 0 heterocycles. The number of carbonyl (C=O) groups excluding carboxylic acids is 1. The quantitative estimate of drug-likeness (QED) is 0.856. The van der Waals surface area contributed by atoms with Crippen molar-refractivity contribution in [3.05, 3.63) is 29.3 Å². The average molecular weight is 262 g/mol. The fourth-order valence-corrected chi connectivity index (χ4v) is 2.32. The number of amides is 2. The molecule has 0 bridgehead atoms. The SMILES string of the molecule is CCc1cccc(C)c1NC(=O)N(CCO)C1CC1. The molecule has 0 unspecified atom stereocenters. The lowest BCUT2D eigenvalue weighted by molar-refractivity contribution is 0.185. The van der Waals surface area contributed by atoms with E-state index in [2.05, 4.69) is 12.2 Å². The summed E-state index contributed by atoms with van der Waals surface area (Å²) in [6.07, 6.45) is 2.98. The van der Waals surface area contributed by atoms with Gasteiger partial charge in [-0.15, -0.1) is 0 Å². The minimum atomic E-state index is -0.0967. The predicted molar refractivity (Wildman–Crippen MR) is 76.4 cm³/mol. The first-order valence-corrected chi connectivity index (χ1v) is 6.94. The van der Waals surface area contributed by atoms with E-state index in [1.807, 2.05) is 25.1 Å². The van der Waals surface area contributed by atoms with Crippen molar-refractivity contribution in [3.63, 3.8) is 0 Å². The van der Waals surface area contributed by atoms with Crippen molar-refractivity contribution in [1.82, 2.24) is 4.90 Å². The smallest absolute Gasteiger partial charge is 0.322 e. The predicted octanol–water partition coefficient (Wildman–Crippen LogP) is 2.55. The maximum Gasteiger partial charge on any atom is 0.322 e. The molecule has 2 rings (SSSR count). The molecule has 1 saturated carbocycles. The zero-order valence-corrected chi connectivity index (χ0v) is 11.6. The van der Waals surface area contributed by atoms with Gasteiger partial charge in [-0.25, -0.2) is 4.79 Å². The summed E-state index contributed by atoms with van der Waals surface area (Å²) in [7, 11) is 0. The van der Waals surface area contributed by atoms with Crippen LogP contribution in [0.3, 0.4) is 0 Å². The second-order valence-electron chi connectivity index (χ2n) is 5.04. The monoisotopic (exact) mass is 262 g/mol. The standard InChI is InChI=1S/C15H22N2O2/c1-3-12-6-4-5-11(2)14(12)16-15(19)17(9-10-18)13-7-8-13/h4-6,13,18H,3,7-10H2,1-2H3,(H,16,19). The zero-order chi connectivity index (χ0) is 13.8. The highest BCUT2D eigenvalue weighted by atomic mass is 16.3. The topological polar surface area (TPSA) is 52.6 Å². The minimum Gasteiger partial charge on any atom is -0.395 e. The molecule has 4 nitrogen and oxygen atoms in total. The molecular formula is C15H22N2O2. The lowest BCUT2D eigenvalue weighted by Gasteiger charge is -2.23. The lowest BCUT2D eigenvalue weighted by Crippen LogP contribution is -2.39. The molecular weight excluding hydrogens is 240 g/mol. The van der Waals surface area contributed by atoms with Crippen molar-refractivity contribution < 1.29 is 9.90 Å². The largest absolute Gasteiger partial charge is 0.395 e. The summed E-state index contributed by atoms with van der Waals surface area (Å²) in [5.41, 5.74) is 3.14. The number of benzene rings is 1. The van der Waals surface area contributed by atoms with Crippen LogP contribution in [-0.2, 0) is 6.42 Å². The summed E-state index contributed by atoms with van der Waals surface area (Å²) >= 11 is 0. The molecule has 1 aromatic carbocycles. The Hall–Kier alpha value is -1.55. The number of urea groups is 1. The van der Waals surface area contributed by atoms with Crippen molar-refractivity contribution >= 4 is 11.7 Å². The summed E-state index contributed by atoms with van der Waals surface area (Å²) in [6, 6.07) is 6.26. The number of anilines is 1. The van der Waals surface area contributed by atoms with E-state index in [1.165, 1.54) is 0 Å². The molecule has 19 heavy (non-hydrogen) atoms. The van der Waals surface area contributed by atoms with E-state index < -0.39 is 0 Å². The lowest BCUT2D eigenvalue weighted by atomic mass is 10.1. The summed E-state index contributed by atoms with van der Waals surface area (Å²) in [6.45, 7) is 4.50. The van der Waals surface area contributed by atoms with Crippen LogP contribution in [0.2, 0.25) is 0 Å². The first-order valence-electron chi connectivity index (χ1n) is 6.94. The molecule has 0 aliphatic heterocycles. The number of aliphatic hydroxyl groups is 1. The Bertz CT molecular complexity index is 455. The molecule has 2 amide bonds.